The van der Waals surface area contributed by atoms with Crippen LogP contribution in [0.5, 0.6) is 11.5 Å². The van der Waals surface area contributed by atoms with Gasteiger partial charge >= 0.3 is 5.97 Å². The van der Waals surface area contributed by atoms with Crippen LogP contribution in [0.3, 0.4) is 0 Å². The molecule has 0 fully saturated rings. The first kappa shape index (κ1) is 18.5. The van der Waals surface area contributed by atoms with Gasteiger partial charge in [0.05, 0.1) is 12.7 Å². The van der Waals surface area contributed by atoms with Crippen LogP contribution >= 0.6 is 11.3 Å². The molecule has 0 saturated carbocycles. The van der Waals surface area contributed by atoms with Crippen molar-refractivity contribution in [3.63, 3.8) is 0 Å². The molecule has 0 aliphatic rings. The molecule has 6 heteroatoms. The third kappa shape index (κ3) is 4.48. The molecule has 0 saturated heterocycles. The number of halogens is 1. The second-order valence-corrected chi connectivity index (χ2v) is 6.40. The minimum Gasteiger partial charge on any atom is -0.497 e. The van der Waals surface area contributed by atoms with Gasteiger partial charge in [0.1, 0.15) is 22.2 Å². The van der Waals surface area contributed by atoms with Crippen LogP contribution in [-0.2, 0) is 0 Å². The first-order valence-electron chi connectivity index (χ1n) is 7.99. The summed E-state index contributed by atoms with van der Waals surface area (Å²) in [6.45, 7) is 0. The molecule has 27 heavy (non-hydrogen) atoms. The number of rotatable bonds is 6. The zero-order valence-corrected chi connectivity index (χ0v) is 15.2. The minimum atomic E-state index is -0.564. The van der Waals surface area contributed by atoms with Gasteiger partial charge in [-0.25, -0.2) is 9.18 Å². The van der Waals surface area contributed by atoms with Crippen molar-refractivity contribution in [3.8, 4) is 11.5 Å². The van der Waals surface area contributed by atoms with E-state index in [4.69, 9.17) is 9.47 Å². The van der Waals surface area contributed by atoms with Gasteiger partial charge in [-0.05, 0) is 41.8 Å². The number of carbonyl (C=O) groups is 2. The molecule has 0 bridgehead atoms. The van der Waals surface area contributed by atoms with Crippen LogP contribution in [0.4, 0.5) is 4.39 Å². The largest absolute Gasteiger partial charge is 0.497 e. The molecule has 1 heterocycles. The summed E-state index contributed by atoms with van der Waals surface area (Å²) in [6, 6.07) is 14.0. The lowest BCUT2D eigenvalue weighted by Gasteiger charge is -2.09. The molecule has 0 unspecified atom stereocenters. The van der Waals surface area contributed by atoms with E-state index in [1.54, 1.807) is 41.8 Å². The smallest absolute Gasteiger partial charge is 0.353 e. The molecule has 4 nitrogen and oxygen atoms in total. The van der Waals surface area contributed by atoms with Crippen LogP contribution in [0.15, 0.2) is 66.1 Å². The highest BCUT2D eigenvalue weighted by Gasteiger charge is 2.17. The lowest BCUT2D eigenvalue weighted by molar-refractivity contribution is 0.0738. The lowest BCUT2D eigenvalue weighted by atomic mass is 10.1. The quantitative estimate of drug-likeness (QED) is 0.260. The summed E-state index contributed by atoms with van der Waals surface area (Å²) in [7, 11) is 1.47. The van der Waals surface area contributed by atoms with Crippen molar-refractivity contribution in [1.29, 1.82) is 0 Å². The zero-order chi connectivity index (χ0) is 19.2. The molecule has 1 aromatic heterocycles. The van der Waals surface area contributed by atoms with Crippen molar-refractivity contribution in [3.05, 3.63) is 87.9 Å². The van der Waals surface area contributed by atoms with Crippen molar-refractivity contribution in [1.82, 2.24) is 0 Å². The Labute approximate surface area is 159 Å². The average molecular weight is 382 g/mol. The summed E-state index contributed by atoms with van der Waals surface area (Å²) in [5, 5.41) is 1.76. The van der Waals surface area contributed by atoms with Crippen LogP contribution in [0.1, 0.15) is 25.6 Å². The summed E-state index contributed by atoms with van der Waals surface area (Å²) in [4.78, 5) is 25.2. The van der Waals surface area contributed by atoms with Crippen molar-refractivity contribution >= 4 is 29.2 Å². The second-order valence-electron chi connectivity index (χ2n) is 5.45. The van der Waals surface area contributed by atoms with E-state index in [0.717, 1.165) is 0 Å². The Kier molecular flexibility index (Phi) is 5.78. The van der Waals surface area contributed by atoms with E-state index in [9.17, 15) is 14.0 Å². The number of allylic oxidation sites excluding steroid dienone is 1. The molecule has 0 atom stereocenters. The van der Waals surface area contributed by atoms with Crippen LogP contribution in [0.25, 0.3) is 6.08 Å². The predicted octanol–water partition coefficient (Wildman–Crippen LogP) is 5.01. The number of hydrogen-bond donors (Lipinski definition) is 0. The van der Waals surface area contributed by atoms with Gasteiger partial charge in [0.25, 0.3) is 0 Å². The van der Waals surface area contributed by atoms with E-state index in [2.05, 4.69) is 0 Å². The van der Waals surface area contributed by atoms with Gasteiger partial charge in [0, 0.05) is 11.6 Å². The fourth-order valence-corrected chi connectivity index (χ4v) is 2.93. The highest BCUT2D eigenvalue weighted by molar-refractivity contribution is 7.12. The van der Waals surface area contributed by atoms with Crippen molar-refractivity contribution in [2.24, 2.45) is 0 Å². The molecule has 3 rings (SSSR count). The fourth-order valence-electron chi connectivity index (χ4n) is 2.33. The normalized spacial score (nSPS) is 10.7. The Hall–Kier alpha value is -3.25. The number of esters is 1. The highest BCUT2D eigenvalue weighted by atomic mass is 32.1. The third-order valence-corrected chi connectivity index (χ3v) is 4.55. The minimum absolute atomic E-state index is 0.0796. The van der Waals surface area contributed by atoms with E-state index in [-0.39, 0.29) is 16.9 Å². The Morgan fingerprint density at radius 1 is 1.07 bits per heavy atom. The fraction of sp³-hybridized carbons (Fsp3) is 0.0476. The Morgan fingerprint density at radius 2 is 1.89 bits per heavy atom. The molecule has 0 aliphatic heterocycles. The third-order valence-electron chi connectivity index (χ3n) is 3.70. The molecule has 0 radical (unpaired) electrons. The maximum Gasteiger partial charge on any atom is 0.353 e. The molecule has 136 valence electrons. The lowest BCUT2D eigenvalue weighted by Crippen LogP contribution is -2.10. The molecule has 0 spiro atoms. The molecular weight excluding hydrogens is 367 g/mol. The zero-order valence-electron chi connectivity index (χ0n) is 14.3. The standard InChI is InChI=1S/C21H15FO4S/c1-25-15-9-10-16(18(23)11-8-14-5-2-3-6-17(14)22)19(13-15)26-21(24)20-7-4-12-27-20/h2-13H,1H3/b11-8+. The number of ketones is 1. The van der Waals surface area contributed by atoms with Crippen LogP contribution in [0.2, 0.25) is 0 Å². The van der Waals surface area contributed by atoms with Gasteiger partial charge in [-0.1, -0.05) is 24.3 Å². The summed E-state index contributed by atoms with van der Waals surface area (Å²) in [5.41, 5.74) is 0.463. The van der Waals surface area contributed by atoms with Crippen molar-refractivity contribution in [2.75, 3.05) is 7.11 Å². The summed E-state index contributed by atoms with van der Waals surface area (Å²) in [6.07, 6.45) is 2.62. The molecule has 0 amide bonds. The molecular formula is C21H15FO4S. The maximum atomic E-state index is 13.7. The molecule has 0 aliphatic carbocycles. The average Bonchev–Trinajstić information content (AvgIpc) is 3.22. The highest BCUT2D eigenvalue weighted by Crippen LogP contribution is 2.27. The van der Waals surface area contributed by atoms with Gasteiger partial charge in [0.2, 0.25) is 0 Å². The topological polar surface area (TPSA) is 52.6 Å². The summed E-state index contributed by atoms with van der Waals surface area (Å²) < 4.78 is 24.2. The van der Waals surface area contributed by atoms with E-state index in [1.165, 1.54) is 48.8 Å². The monoisotopic (exact) mass is 382 g/mol. The molecule has 0 N–H and O–H groups in total. The van der Waals surface area contributed by atoms with E-state index in [0.29, 0.717) is 10.6 Å². The number of carbonyl (C=O) groups excluding carboxylic acids is 2. The number of benzene rings is 2. The summed E-state index contributed by atoms with van der Waals surface area (Å²) >= 11 is 1.24. The van der Waals surface area contributed by atoms with E-state index >= 15 is 0 Å². The molecule has 2 aromatic carbocycles. The number of ether oxygens (including phenoxy) is 2. The van der Waals surface area contributed by atoms with Crippen LogP contribution in [0, 0.1) is 5.82 Å². The first-order chi connectivity index (χ1) is 13.1. The number of hydrogen-bond acceptors (Lipinski definition) is 5. The summed E-state index contributed by atoms with van der Waals surface area (Å²) in [5.74, 6) is -0.893. The maximum absolute atomic E-state index is 13.7. The van der Waals surface area contributed by atoms with E-state index in [1.807, 2.05) is 0 Å². The predicted molar refractivity (Wildman–Crippen MR) is 102 cm³/mol. The molecule has 3 aromatic rings. The van der Waals surface area contributed by atoms with Gasteiger partial charge in [-0.2, -0.15) is 0 Å². The van der Waals surface area contributed by atoms with Gasteiger partial charge < -0.3 is 9.47 Å². The van der Waals surface area contributed by atoms with Gasteiger partial charge in [-0.15, -0.1) is 11.3 Å². The Morgan fingerprint density at radius 3 is 2.59 bits per heavy atom. The Bertz CT molecular complexity index is 993. The Balaban J connectivity index is 1.88. The number of thiophene rings is 1. The first-order valence-corrected chi connectivity index (χ1v) is 8.87. The second kappa shape index (κ2) is 8.42. The van der Waals surface area contributed by atoms with Crippen molar-refractivity contribution in [2.45, 2.75) is 0 Å². The number of methoxy groups -OCH3 is 1. The van der Waals surface area contributed by atoms with E-state index < -0.39 is 17.6 Å². The SMILES string of the molecule is COc1ccc(C(=O)/C=C/c2ccccc2F)c(OC(=O)c2cccs2)c1. The van der Waals surface area contributed by atoms with Crippen LogP contribution < -0.4 is 9.47 Å². The van der Waals surface area contributed by atoms with Gasteiger partial charge in [-0.3, -0.25) is 4.79 Å². The van der Waals surface area contributed by atoms with Gasteiger partial charge in [0.15, 0.2) is 5.78 Å². The van der Waals surface area contributed by atoms with Crippen LogP contribution in [-0.4, -0.2) is 18.9 Å². The van der Waals surface area contributed by atoms with Crippen molar-refractivity contribution < 1.29 is 23.5 Å².